The van der Waals surface area contributed by atoms with Crippen LogP contribution in [-0.2, 0) is 14.3 Å². The van der Waals surface area contributed by atoms with E-state index in [1.54, 1.807) is 17.9 Å². The van der Waals surface area contributed by atoms with E-state index >= 15 is 0 Å². The quantitative estimate of drug-likeness (QED) is 0.535. The Morgan fingerprint density at radius 1 is 0.900 bits per heavy atom. The fourth-order valence-electron chi connectivity index (χ4n) is 3.50. The molecular formula is C25H30N2O3. The molecule has 0 N–H and O–H groups in total. The molecule has 158 valence electrons. The van der Waals surface area contributed by atoms with Gasteiger partial charge in [-0.3, -0.25) is 4.79 Å². The van der Waals surface area contributed by atoms with E-state index in [9.17, 15) is 9.59 Å². The number of esters is 1. The van der Waals surface area contributed by atoms with Crippen molar-refractivity contribution in [3.8, 4) is 0 Å². The highest BCUT2D eigenvalue weighted by Gasteiger charge is 2.26. The summed E-state index contributed by atoms with van der Waals surface area (Å²) in [5.74, 6) is -0.188. The molecule has 2 aromatic carbocycles. The summed E-state index contributed by atoms with van der Waals surface area (Å²) >= 11 is 0. The lowest BCUT2D eigenvalue weighted by molar-refractivity contribution is -0.155. The number of benzene rings is 2. The number of anilines is 1. The van der Waals surface area contributed by atoms with Gasteiger partial charge in [0.1, 0.15) is 0 Å². The lowest BCUT2D eigenvalue weighted by atomic mass is 10.0. The monoisotopic (exact) mass is 406 g/mol. The molecule has 0 saturated carbocycles. The largest absolute Gasteiger partial charge is 0.449 e. The van der Waals surface area contributed by atoms with Crippen molar-refractivity contribution in [3.05, 3.63) is 71.8 Å². The predicted octanol–water partition coefficient (Wildman–Crippen LogP) is 4.10. The molecule has 1 atom stereocenters. The van der Waals surface area contributed by atoms with Crippen molar-refractivity contribution in [1.29, 1.82) is 0 Å². The Kier molecular flexibility index (Phi) is 7.28. The summed E-state index contributed by atoms with van der Waals surface area (Å²) in [6, 6.07) is 18.2. The highest BCUT2D eigenvalue weighted by atomic mass is 16.5. The van der Waals surface area contributed by atoms with Crippen LogP contribution in [0.5, 0.6) is 0 Å². The van der Waals surface area contributed by atoms with Crippen LogP contribution in [0.3, 0.4) is 0 Å². The van der Waals surface area contributed by atoms with Gasteiger partial charge < -0.3 is 14.5 Å². The van der Waals surface area contributed by atoms with Gasteiger partial charge in [0, 0.05) is 37.9 Å². The summed E-state index contributed by atoms with van der Waals surface area (Å²) in [6.45, 7) is 8.69. The van der Waals surface area contributed by atoms with Crippen LogP contribution >= 0.6 is 0 Å². The Morgan fingerprint density at radius 2 is 1.53 bits per heavy atom. The third-order valence-corrected chi connectivity index (χ3v) is 5.37. The SMILES string of the molecule is CC(OC(=O)/C=C/c1ccc(C(C)C)cc1)C(=O)N1CCN(c2ccccc2)CC1. The standard InChI is InChI=1S/C25H30N2O3/c1-19(2)22-12-9-21(10-13-22)11-14-24(28)30-20(3)25(29)27-17-15-26(16-18-27)23-7-5-4-6-8-23/h4-14,19-20H,15-18H2,1-3H3/b14-11+. The topological polar surface area (TPSA) is 49.9 Å². The van der Waals surface area contributed by atoms with Gasteiger partial charge in [-0.25, -0.2) is 4.79 Å². The summed E-state index contributed by atoms with van der Waals surface area (Å²) in [5.41, 5.74) is 3.34. The zero-order valence-corrected chi connectivity index (χ0v) is 18.0. The van der Waals surface area contributed by atoms with E-state index in [2.05, 4.69) is 43.0 Å². The molecule has 1 saturated heterocycles. The van der Waals surface area contributed by atoms with Crippen molar-refractivity contribution in [2.45, 2.75) is 32.8 Å². The van der Waals surface area contributed by atoms with Crippen LogP contribution in [0.15, 0.2) is 60.7 Å². The second-order valence-electron chi connectivity index (χ2n) is 7.88. The van der Waals surface area contributed by atoms with Crippen molar-refractivity contribution in [1.82, 2.24) is 4.90 Å². The maximum atomic E-state index is 12.7. The van der Waals surface area contributed by atoms with E-state index in [0.717, 1.165) is 24.3 Å². The van der Waals surface area contributed by atoms with Gasteiger partial charge in [-0.1, -0.05) is 56.3 Å². The molecule has 1 fully saturated rings. The van der Waals surface area contributed by atoms with E-state index in [1.165, 1.54) is 11.6 Å². The summed E-state index contributed by atoms with van der Waals surface area (Å²) in [4.78, 5) is 28.8. The second kappa shape index (κ2) is 10.1. The van der Waals surface area contributed by atoms with Crippen LogP contribution in [0.25, 0.3) is 6.08 Å². The zero-order chi connectivity index (χ0) is 21.5. The van der Waals surface area contributed by atoms with E-state index < -0.39 is 12.1 Å². The molecule has 1 aliphatic rings. The maximum Gasteiger partial charge on any atom is 0.331 e. The summed E-state index contributed by atoms with van der Waals surface area (Å²) in [7, 11) is 0. The highest BCUT2D eigenvalue weighted by molar-refractivity contribution is 5.90. The van der Waals surface area contributed by atoms with Crippen LogP contribution in [0.4, 0.5) is 5.69 Å². The van der Waals surface area contributed by atoms with Gasteiger partial charge in [-0.15, -0.1) is 0 Å². The average molecular weight is 407 g/mol. The number of nitrogens with zero attached hydrogens (tertiary/aromatic N) is 2. The molecule has 1 aliphatic heterocycles. The molecule has 1 unspecified atom stereocenters. The first-order chi connectivity index (χ1) is 14.4. The number of carbonyl (C=O) groups is 2. The fraction of sp³-hybridized carbons (Fsp3) is 0.360. The Bertz CT molecular complexity index is 867. The first kappa shape index (κ1) is 21.6. The Balaban J connectivity index is 1.47. The number of ether oxygens (including phenoxy) is 1. The zero-order valence-electron chi connectivity index (χ0n) is 18.0. The molecule has 1 heterocycles. The maximum absolute atomic E-state index is 12.7. The van der Waals surface area contributed by atoms with Gasteiger partial charge in [-0.2, -0.15) is 0 Å². The molecule has 5 nitrogen and oxygen atoms in total. The van der Waals surface area contributed by atoms with Crippen LogP contribution in [-0.4, -0.2) is 49.1 Å². The van der Waals surface area contributed by atoms with Gasteiger partial charge in [0.2, 0.25) is 0 Å². The normalized spacial score (nSPS) is 15.5. The lowest BCUT2D eigenvalue weighted by Crippen LogP contribution is -2.51. The van der Waals surface area contributed by atoms with E-state index in [4.69, 9.17) is 4.74 Å². The number of hydrogen-bond donors (Lipinski definition) is 0. The first-order valence-corrected chi connectivity index (χ1v) is 10.5. The summed E-state index contributed by atoms with van der Waals surface area (Å²) in [5, 5.41) is 0. The molecular weight excluding hydrogens is 376 g/mol. The van der Waals surface area contributed by atoms with Crippen molar-refractivity contribution >= 4 is 23.6 Å². The number of hydrogen-bond acceptors (Lipinski definition) is 4. The number of piperazine rings is 1. The lowest BCUT2D eigenvalue weighted by Gasteiger charge is -2.36. The van der Waals surface area contributed by atoms with E-state index in [-0.39, 0.29) is 5.91 Å². The molecule has 30 heavy (non-hydrogen) atoms. The molecule has 1 amide bonds. The predicted molar refractivity (Wildman–Crippen MR) is 120 cm³/mol. The van der Waals surface area contributed by atoms with Crippen LogP contribution in [0.2, 0.25) is 0 Å². The van der Waals surface area contributed by atoms with Gasteiger partial charge in [-0.05, 0) is 42.2 Å². The Morgan fingerprint density at radius 3 is 2.13 bits per heavy atom. The average Bonchev–Trinajstić information content (AvgIpc) is 2.78. The number of carbonyl (C=O) groups excluding carboxylic acids is 2. The molecule has 0 spiro atoms. The molecule has 0 bridgehead atoms. The van der Waals surface area contributed by atoms with E-state index in [1.807, 2.05) is 30.3 Å². The van der Waals surface area contributed by atoms with Gasteiger partial charge >= 0.3 is 5.97 Å². The van der Waals surface area contributed by atoms with Crippen LogP contribution in [0, 0.1) is 0 Å². The minimum absolute atomic E-state index is 0.147. The van der Waals surface area contributed by atoms with Crippen LogP contribution in [0.1, 0.15) is 37.8 Å². The first-order valence-electron chi connectivity index (χ1n) is 10.5. The minimum atomic E-state index is -0.797. The number of rotatable bonds is 6. The van der Waals surface area contributed by atoms with Crippen LogP contribution < -0.4 is 4.90 Å². The molecule has 5 heteroatoms. The molecule has 0 radical (unpaired) electrons. The fourth-order valence-corrected chi connectivity index (χ4v) is 3.50. The van der Waals surface area contributed by atoms with Gasteiger partial charge in [0.25, 0.3) is 5.91 Å². The molecule has 0 aromatic heterocycles. The summed E-state index contributed by atoms with van der Waals surface area (Å²) in [6.07, 6.45) is 2.29. The van der Waals surface area contributed by atoms with Crippen molar-refractivity contribution in [3.63, 3.8) is 0 Å². The summed E-state index contributed by atoms with van der Waals surface area (Å²) < 4.78 is 5.33. The van der Waals surface area contributed by atoms with E-state index in [0.29, 0.717) is 19.0 Å². The Hall–Kier alpha value is -3.08. The number of para-hydroxylation sites is 1. The second-order valence-corrected chi connectivity index (χ2v) is 7.88. The Labute approximate surface area is 178 Å². The van der Waals surface area contributed by atoms with Gasteiger partial charge in [0.05, 0.1) is 0 Å². The molecule has 3 rings (SSSR count). The minimum Gasteiger partial charge on any atom is -0.449 e. The highest BCUT2D eigenvalue weighted by Crippen LogP contribution is 2.17. The molecule has 0 aliphatic carbocycles. The van der Waals surface area contributed by atoms with Crippen molar-refractivity contribution in [2.24, 2.45) is 0 Å². The third kappa shape index (κ3) is 5.72. The number of amides is 1. The van der Waals surface area contributed by atoms with Crippen molar-refractivity contribution < 1.29 is 14.3 Å². The smallest absolute Gasteiger partial charge is 0.331 e. The van der Waals surface area contributed by atoms with Gasteiger partial charge in [0.15, 0.2) is 6.10 Å². The molecule has 2 aromatic rings. The van der Waals surface area contributed by atoms with Crippen molar-refractivity contribution in [2.75, 3.05) is 31.1 Å². The third-order valence-electron chi connectivity index (χ3n) is 5.37.